The highest BCUT2D eigenvalue weighted by Gasteiger charge is 2.24. The van der Waals surface area contributed by atoms with E-state index in [0.717, 1.165) is 10.0 Å². The second-order valence-corrected chi connectivity index (χ2v) is 5.53. The lowest BCUT2D eigenvalue weighted by molar-refractivity contribution is -0.118. The van der Waals surface area contributed by atoms with Gasteiger partial charge >= 0.3 is 0 Å². The number of nitrogens with zero attached hydrogens (tertiary/aromatic N) is 2. The fraction of sp³-hybridized carbons (Fsp3) is 0.267. The second-order valence-electron chi connectivity index (χ2n) is 4.67. The molecule has 0 bridgehead atoms. The summed E-state index contributed by atoms with van der Waals surface area (Å²) in [6.45, 7) is 1.51. The Balaban J connectivity index is 2.28. The van der Waals surface area contributed by atoms with Gasteiger partial charge in [-0.2, -0.15) is 0 Å². The molecule has 0 aliphatic rings. The molecule has 1 aromatic carbocycles. The topological polar surface area (TPSA) is 52.0 Å². The standard InChI is InChI=1S/C15H15BrN2O2/c1-10(19)12(11-5-3-4-6-13(11)16)9-14(20)15-17-7-8-18(15)2/h3-8,12H,9H2,1-2H3. The quantitative estimate of drug-likeness (QED) is 0.789. The van der Waals surface area contributed by atoms with Crippen molar-refractivity contribution >= 4 is 27.5 Å². The smallest absolute Gasteiger partial charge is 0.199 e. The lowest BCUT2D eigenvalue weighted by Gasteiger charge is -2.15. The Labute approximate surface area is 126 Å². The number of ketones is 2. The molecule has 2 rings (SSSR count). The lowest BCUT2D eigenvalue weighted by atomic mass is 9.90. The monoisotopic (exact) mass is 334 g/mol. The van der Waals surface area contributed by atoms with Crippen LogP contribution in [0.15, 0.2) is 41.1 Å². The van der Waals surface area contributed by atoms with E-state index in [1.54, 1.807) is 24.0 Å². The number of aryl methyl sites for hydroxylation is 1. The number of hydrogen-bond acceptors (Lipinski definition) is 3. The third-order valence-electron chi connectivity index (χ3n) is 3.23. The molecule has 0 saturated heterocycles. The van der Waals surface area contributed by atoms with E-state index in [9.17, 15) is 9.59 Å². The van der Waals surface area contributed by atoms with E-state index in [4.69, 9.17) is 0 Å². The van der Waals surface area contributed by atoms with Gasteiger partial charge < -0.3 is 4.57 Å². The number of hydrogen-bond donors (Lipinski definition) is 0. The molecular formula is C15H15BrN2O2. The Morgan fingerprint density at radius 3 is 2.60 bits per heavy atom. The summed E-state index contributed by atoms with van der Waals surface area (Å²) >= 11 is 3.43. The van der Waals surface area contributed by atoms with Crippen LogP contribution in [0.5, 0.6) is 0 Å². The van der Waals surface area contributed by atoms with Crippen LogP contribution in [0.4, 0.5) is 0 Å². The molecule has 0 saturated carbocycles. The van der Waals surface area contributed by atoms with Crippen molar-refractivity contribution < 1.29 is 9.59 Å². The molecule has 0 fully saturated rings. The first-order valence-corrected chi connectivity index (χ1v) is 7.05. The van der Waals surface area contributed by atoms with Crippen LogP contribution in [0.1, 0.15) is 35.4 Å². The fourth-order valence-electron chi connectivity index (χ4n) is 2.14. The molecule has 1 unspecified atom stereocenters. The molecule has 1 heterocycles. The summed E-state index contributed by atoms with van der Waals surface area (Å²) < 4.78 is 2.51. The van der Waals surface area contributed by atoms with Crippen LogP contribution >= 0.6 is 15.9 Å². The molecule has 0 spiro atoms. The zero-order valence-corrected chi connectivity index (χ0v) is 12.9. The van der Waals surface area contributed by atoms with Gasteiger partial charge in [0.25, 0.3) is 0 Å². The van der Waals surface area contributed by atoms with E-state index < -0.39 is 5.92 Å². The van der Waals surface area contributed by atoms with Crippen molar-refractivity contribution in [3.8, 4) is 0 Å². The van der Waals surface area contributed by atoms with Crippen molar-refractivity contribution in [2.24, 2.45) is 7.05 Å². The van der Waals surface area contributed by atoms with Crippen LogP contribution < -0.4 is 0 Å². The Bertz CT molecular complexity index is 649. The van der Waals surface area contributed by atoms with Crippen molar-refractivity contribution in [3.63, 3.8) is 0 Å². The van der Waals surface area contributed by atoms with Crippen molar-refractivity contribution in [1.29, 1.82) is 0 Å². The molecular weight excluding hydrogens is 320 g/mol. The number of aromatic nitrogens is 2. The van der Waals surface area contributed by atoms with Gasteiger partial charge in [0.05, 0.1) is 5.92 Å². The van der Waals surface area contributed by atoms with E-state index >= 15 is 0 Å². The summed E-state index contributed by atoms with van der Waals surface area (Å²) in [4.78, 5) is 28.2. The van der Waals surface area contributed by atoms with Gasteiger partial charge in [-0.15, -0.1) is 0 Å². The van der Waals surface area contributed by atoms with Crippen LogP contribution in [-0.4, -0.2) is 21.1 Å². The van der Waals surface area contributed by atoms with Gasteiger partial charge in [-0.1, -0.05) is 34.1 Å². The highest BCUT2D eigenvalue weighted by atomic mass is 79.9. The third-order valence-corrected chi connectivity index (χ3v) is 3.95. The number of carbonyl (C=O) groups excluding carboxylic acids is 2. The summed E-state index contributed by atoms with van der Waals surface area (Å²) in [5.41, 5.74) is 0.836. The highest BCUT2D eigenvalue weighted by molar-refractivity contribution is 9.10. The van der Waals surface area contributed by atoms with E-state index in [1.165, 1.54) is 6.92 Å². The molecule has 104 valence electrons. The molecule has 0 N–H and O–H groups in total. The van der Waals surface area contributed by atoms with Crippen molar-refractivity contribution in [2.45, 2.75) is 19.3 Å². The van der Waals surface area contributed by atoms with E-state index in [2.05, 4.69) is 20.9 Å². The summed E-state index contributed by atoms with van der Waals surface area (Å²) in [6.07, 6.45) is 3.42. The Hall–Kier alpha value is -1.75. The van der Waals surface area contributed by atoms with Gasteiger partial charge in [-0.3, -0.25) is 9.59 Å². The Kier molecular flexibility index (Phi) is 4.49. The maximum absolute atomic E-state index is 12.3. The van der Waals surface area contributed by atoms with Gasteiger partial charge in [-0.25, -0.2) is 4.98 Å². The molecule has 1 aromatic heterocycles. The van der Waals surface area contributed by atoms with Crippen LogP contribution in [0, 0.1) is 0 Å². The van der Waals surface area contributed by atoms with Crippen LogP contribution in [0.25, 0.3) is 0 Å². The molecule has 0 aliphatic carbocycles. The highest BCUT2D eigenvalue weighted by Crippen LogP contribution is 2.29. The lowest BCUT2D eigenvalue weighted by Crippen LogP contribution is -2.17. The zero-order chi connectivity index (χ0) is 14.7. The second kappa shape index (κ2) is 6.13. The predicted molar refractivity (Wildman–Crippen MR) is 79.7 cm³/mol. The van der Waals surface area contributed by atoms with Gasteiger partial charge in [0.15, 0.2) is 11.6 Å². The minimum Gasteiger partial charge on any atom is -0.332 e. The number of rotatable bonds is 5. The molecule has 1 atom stereocenters. The number of Topliss-reactive ketones (excluding diaryl/α,β-unsaturated/α-hetero) is 2. The molecule has 0 radical (unpaired) electrons. The third kappa shape index (κ3) is 3.04. The van der Waals surface area contributed by atoms with Gasteiger partial charge in [0.1, 0.15) is 5.78 Å². The van der Waals surface area contributed by atoms with E-state index in [-0.39, 0.29) is 18.0 Å². The number of carbonyl (C=O) groups is 2. The van der Waals surface area contributed by atoms with Gasteiger partial charge in [-0.05, 0) is 18.6 Å². The van der Waals surface area contributed by atoms with Crippen molar-refractivity contribution in [3.05, 3.63) is 52.5 Å². The minimum absolute atomic E-state index is 0.0283. The number of benzene rings is 1. The van der Waals surface area contributed by atoms with Crippen LogP contribution in [-0.2, 0) is 11.8 Å². The molecule has 0 amide bonds. The largest absolute Gasteiger partial charge is 0.332 e. The van der Waals surface area contributed by atoms with Gasteiger partial charge in [0, 0.05) is 30.3 Å². The summed E-state index contributed by atoms with van der Waals surface area (Å²) in [5, 5.41) is 0. The summed E-state index contributed by atoms with van der Waals surface area (Å²) in [6, 6.07) is 7.48. The first-order chi connectivity index (χ1) is 9.50. The maximum atomic E-state index is 12.3. The van der Waals surface area contributed by atoms with Crippen LogP contribution in [0.2, 0.25) is 0 Å². The number of halogens is 1. The normalized spacial score (nSPS) is 12.2. The first kappa shape index (κ1) is 14.7. The number of imidazole rings is 1. The Morgan fingerprint density at radius 2 is 2.05 bits per heavy atom. The minimum atomic E-state index is -0.449. The van der Waals surface area contributed by atoms with E-state index in [1.807, 2.05) is 24.3 Å². The predicted octanol–water partition coefficient (Wildman–Crippen LogP) is 3.13. The SMILES string of the molecule is CC(=O)C(CC(=O)c1nccn1C)c1ccccc1Br. The average molecular weight is 335 g/mol. The van der Waals surface area contributed by atoms with Gasteiger partial charge in [0.2, 0.25) is 0 Å². The summed E-state index contributed by atoms with van der Waals surface area (Å²) in [7, 11) is 1.77. The van der Waals surface area contributed by atoms with Crippen molar-refractivity contribution in [2.75, 3.05) is 0 Å². The Morgan fingerprint density at radius 1 is 1.35 bits per heavy atom. The molecule has 0 aliphatic heterocycles. The first-order valence-electron chi connectivity index (χ1n) is 6.26. The molecule has 5 heteroatoms. The zero-order valence-electron chi connectivity index (χ0n) is 11.3. The average Bonchev–Trinajstić information content (AvgIpc) is 2.83. The summed E-state index contributed by atoms with van der Waals surface area (Å²) in [5.74, 6) is -0.231. The van der Waals surface area contributed by atoms with Crippen molar-refractivity contribution in [1.82, 2.24) is 9.55 Å². The molecule has 4 nitrogen and oxygen atoms in total. The maximum Gasteiger partial charge on any atom is 0.199 e. The van der Waals surface area contributed by atoms with Crippen LogP contribution in [0.3, 0.4) is 0 Å². The van der Waals surface area contributed by atoms with E-state index in [0.29, 0.717) is 5.82 Å². The molecule has 2 aromatic rings. The fourth-order valence-corrected chi connectivity index (χ4v) is 2.70. The molecule has 20 heavy (non-hydrogen) atoms.